The van der Waals surface area contributed by atoms with Gasteiger partial charge in [-0.15, -0.1) is 0 Å². The Hall–Kier alpha value is -2.05. The molecule has 0 atom stereocenters. The van der Waals surface area contributed by atoms with Crippen molar-refractivity contribution >= 4 is 33.2 Å². The zero-order chi connectivity index (χ0) is 18.6. The first kappa shape index (κ1) is 18.7. The van der Waals surface area contributed by atoms with Gasteiger partial charge in [0.05, 0.1) is 15.6 Å². The molecule has 0 heterocycles. The molecule has 0 aliphatic heterocycles. The predicted octanol–water partition coefficient (Wildman–Crippen LogP) is 3.59. The molecule has 2 aromatic carbocycles. The average molecular weight is 393 g/mol. The lowest BCUT2D eigenvalue weighted by Crippen LogP contribution is -2.43. The van der Waals surface area contributed by atoms with Crippen molar-refractivity contribution in [1.29, 1.82) is 0 Å². The molecule has 0 aromatic heterocycles. The molecule has 0 unspecified atom stereocenters. The number of hydrogen-bond acceptors (Lipinski definition) is 3. The highest BCUT2D eigenvalue weighted by atomic mass is 35.5. The van der Waals surface area contributed by atoms with E-state index < -0.39 is 10.0 Å². The lowest BCUT2D eigenvalue weighted by atomic mass is 10.2. The fourth-order valence-corrected chi connectivity index (χ4v) is 4.90. The highest BCUT2D eigenvalue weighted by molar-refractivity contribution is 7.92. The van der Waals surface area contributed by atoms with Crippen molar-refractivity contribution in [3.05, 3.63) is 59.6 Å². The van der Waals surface area contributed by atoms with Gasteiger partial charge in [0.1, 0.15) is 6.54 Å². The van der Waals surface area contributed by atoms with Crippen LogP contribution in [0.5, 0.6) is 0 Å². The summed E-state index contributed by atoms with van der Waals surface area (Å²) in [6, 6.07) is 14.8. The van der Waals surface area contributed by atoms with Crippen molar-refractivity contribution in [1.82, 2.24) is 5.32 Å². The van der Waals surface area contributed by atoms with Crippen LogP contribution in [0, 0.1) is 0 Å². The van der Waals surface area contributed by atoms with E-state index in [1.165, 1.54) is 12.1 Å². The van der Waals surface area contributed by atoms with Crippen molar-refractivity contribution in [2.24, 2.45) is 0 Å². The standard InChI is InChI=1S/C19H21ClN2O3S/c20-17-12-6-7-13-18(17)22(14-19(23)21-15-8-4-5-9-15)26(24,25)16-10-2-1-3-11-16/h1-3,6-7,10-13,15H,4-5,8-9,14H2,(H,21,23). The number of rotatable bonds is 6. The Labute approximate surface area is 159 Å². The molecule has 0 spiro atoms. The first-order valence-electron chi connectivity index (χ1n) is 8.60. The van der Waals surface area contributed by atoms with Gasteiger partial charge in [0, 0.05) is 6.04 Å². The third kappa shape index (κ3) is 4.19. The fraction of sp³-hybridized carbons (Fsp3) is 0.316. The maximum atomic E-state index is 13.1. The molecule has 0 bridgehead atoms. The summed E-state index contributed by atoms with van der Waals surface area (Å²) >= 11 is 6.23. The van der Waals surface area contributed by atoms with E-state index in [4.69, 9.17) is 11.6 Å². The molecule has 7 heteroatoms. The Morgan fingerprint density at radius 1 is 1.04 bits per heavy atom. The number of para-hydroxylation sites is 1. The lowest BCUT2D eigenvalue weighted by molar-refractivity contribution is -0.120. The summed E-state index contributed by atoms with van der Waals surface area (Å²) in [5.41, 5.74) is 0.291. The maximum Gasteiger partial charge on any atom is 0.264 e. The molecular formula is C19H21ClN2O3S. The summed E-state index contributed by atoms with van der Waals surface area (Å²) in [4.78, 5) is 12.6. The van der Waals surface area contributed by atoms with Crippen molar-refractivity contribution < 1.29 is 13.2 Å². The van der Waals surface area contributed by atoms with Gasteiger partial charge < -0.3 is 5.32 Å². The van der Waals surface area contributed by atoms with Gasteiger partial charge in [0.15, 0.2) is 0 Å². The summed E-state index contributed by atoms with van der Waals surface area (Å²) in [7, 11) is -3.92. The minimum Gasteiger partial charge on any atom is -0.352 e. The van der Waals surface area contributed by atoms with E-state index in [1.54, 1.807) is 42.5 Å². The van der Waals surface area contributed by atoms with E-state index in [1.807, 2.05) is 0 Å². The molecule has 3 rings (SSSR count). The normalized spacial score (nSPS) is 15.0. The molecule has 1 N–H and O–H groups in total. The van der Waals surface area contributed by atoms with Gasteiger partial charge in [0.25, 0.3) is 10.0 Å². The Kier molecular flexibility index (Phi) is 5.84. The summed E-state index contributed by atoms with van der Waals surface area (Å²) < 4.78 is 27.4. The van der Waals surface area contributed by atoms with Gasteiger partial charge in [-0.05, 0) is 37.1 Å². The number of halogens is 1. The monoisotopic (exact) mass is 392 g/mol. The lowest BCUT2D eigenvalue weighted by Gasteiger charge is -2.25. The molecule has 26 heavy (non-hydrogen) atoms. The summed E-state index contributed by atoms with van der Waals surface area (Å²) in [6.45, 7) is -0.308. The van der Waals surface area contributed by atoms with Gasteiger partial charge in [-0.1, -0.05) is 54.8 Å². The molecule has 0 saturated heterocycles. The van der Waals surface area contributed by atoms with Crippen LogP contribution in [-0.2, 0) is 14.8 Å². The van der Waals surface area contributed by atoms with Crippen molar-refractivity contribution in [2.45, 2.75) is 36.6 Å². The van der Waals surface area contributed by atoms with Crippen LogP contribution >= 0.6 is 11.6 Å². The van der Waals surface area contributed by atoms with E-state index in [0.717, 1.165) is 30.0 Å². The van der Waals surface area contributed by atoms with E-state index >= 15 is 0 Å². The Morgan fingerprint density at radius 3 is 2.31 bits per heavy atom. The zero-order valence-corrected chi connectivity index (χ0v) is 15.8. The van der Waals surface area contributed by atoms with Crippen LogP contribution in [0.2, 0.25) is 5.02 Å². The van der Waals surface area contributed by atoms with Crippen LogP contribution in [0.25, 0.3) is 0 Å². The number of benzene rings is 2. The molecule has 1 amide bonds. The minimum atomic E-state index is -3.92. The Bertz CT molecular complexity index is 865. The topological polar surface area (TPSA) is 66.5 Å². The molecule has 138 valence electrons. The summed E-state index contributed by atoms with van der Waals surface area (Å²) in [5.74, 6) is -0.323. The minimum absolute atomic E-state index is 0.119. The van der Waals surface area contributed by atoms with E-state index in [0.29, 0.717) is 5.69 Å². The van der Waals surface area contributed by atoms with E-state index in [2.05, 4.69) is 5.32 Å². The van der Waals surface area contributed by atoms with Gasteiger partial charge in [-0.2, -0.15) is 0 Å². The second-order valence-electron chi connectivity index (χ2n) is 6.33. The molecule has 5 nitrogen and oxygen atoms in total. The van der Waals surface area contributed by atoms with Crippen LogP contribution in [0.1, 0.15) is 25.7 Å². The number of sulfonamides is 1. The number of amides is 1. The number of carbonyl (C=O) groups excluding carboxylic acids is 1. The number of carbonyl (C=O) groups is 1. The van der Waals surface area contributed by atoms with Crippen LogP contribution in [-0.4, -0.2) is 26.9 Å². The number of hydrogen-bond donors (Lipinski definition) is 1. The third-order valence-electron chi connectivity index (χ3n) is 4.46. The first-order chi connectivity index (χ1) is 12.5. The average Bonchev–Trinajstić information content (AvgIpc) is 3.14. The molecule has 2 aromatic rings. The van der Waals surface area contributed by atoms with E-state index in [-0.39, 0.29) is 28.4 Å². The Balaban J connectivity index is 1.92. The van der Waals surface area contributed by atoms with Crippen LogP contribution in [0.15, 0.2) is 59.5 Å². The van der Waals surface area contributed by atoms with Crippen LogP contribution < -0.4 is 9.62 Å². The summed E-state index contributed by atoms with van der Waals surface area (Å²) in [6.07, 6.45) is 4.04. The summed E-state index contributed by atoms with van der Waals surface area (Å²) in [5, 5.41) is 3.21. The molecule has 1 fully saturated rings. The number of anilines is 1. The highest BCUT2D eigenvalue weighted by Gasteiger charge is 2.29. The van der Waals surface area contributed by atoms with Crippen molar-refractivity contribution in [3.8, 4) is 0 Å². The molecule has 1 saturated carbocycles. The zero-order valence-electron chi connectivity index (χ0n) is 14.3. The largest absolute Gasteiger partial charge is 0.352 e. The van der Waals surface area contributed by atoms with Crippen molar-refractivity contribution in [3.63, 3.8) is 0 Å². The fourth-order valence-electron chi connectivity index (χ4n) is 3.15. The predicted molar refractivity (Wildman–Crippen MR) is 103 cm³/mol. The molecule has 1 aliphatic carbocycles. The number of nitrogens with zero attached hydrogens (tertiary/aromatic N) is 1. The van der Waals surface area contributed by atoms with Gasteiger partial charge in [0.2, 0.25) is 5.91 Å². The molecule has 1 aliphatic rings. The maximum absolute atomic E-state index is 13.1. The van der Waals surface area contributed by atoms with Crippen LogP contribution in [0.3, 0.4) is 0 Å². The Morgan fingerprint density at radius 2 is 1.65 bits per heavy atom. The van der Waals surface area contributed by atoms with Gasteiger partial charge in [-0.25, -0.2) is 8.42 Å². The van der Waals surface area contributed by atoms with E-state index in [9.17, 15) is 13.2 Å². The quantitative estimate of drug-likeness (QED) is 0.816. The molecule has 0 radical (unpaired) electrons. The number of nitrogens with one attached hydrogen (secondary N) is 1. The smallest absolute Gasteiger partial charge is 0.264 e. The van der Waals surface area contributed by atoms with Crippen molar-refractivity contribution in [2.75, 3.05) is 10.8 Å². The van der Waals surface area contributed by atoms with Gasteiger partial charge >= 0.3 is 0 Å². The second kappa shape index (κ2) is 8.10. The van der Waals surface area contributed by atoms with Crippen LogP contribution in [0.4, 0.5) is 5.69 Å². The SMILES string of the molecule is O=C(CN(c1ccccc1Cl)S(=O)(=O)c1ccccc1)NC1CCCC1. The third-order valence-corrected chi connectivity index (χ3v) is 6.55. The van der Waals surface area contributed by atoms with Gasteiger partial charge in [-0.3, -0.25) is 9.10 Å². The molecular weight excluding hydrogens is 372 g/mol. The second-order valence-corrected chi connectivity index (χ2v) is 8.59. The first-order valence-corrected chi connectivity index (χ1v) is 10.4. The highest BCUT2D eigenvalue weighted by Crippen LogP contribution is 2.30.